The van der Waals surface area contributed by atoms with Gasteiger partial charge in [0.1, 0.15) is 0 Å². The van der Waals surface area contributed by atoms with Crippen molar-refractivity contribution in [2.45, 2.75) is 0 Å². The molecule has 0 saturated carbocycles. The van der Waals surface area contributed by atoms with Gasteiger partial charge in [0.15, 0.2) is 11.6 Å². The molecule has 0 aliphatic rings. The highest BCUT2D eigenvalue weighted by Gasteiger charge is 2.40. The summed E-state index contributed by atoms with van der Waals surface area (Å²) in [5.41, 5.74) is 0. The van der Waals surface area contributed by atoms with Gasteiger partial charge in [-0.25, -0.2) is 8.78 Å². The van der Waals surface area contributed by atoms with Gasteiger partial charge in [-0.15, -0.1) is 6.58 Å². The van der Waals surface area contributed by atoms with Crippen molar-refractivity contribution in [3.63, 3.8) is 0 Å². The summed E-state index contributed by atoms with van der Waals surface area (Å²) in [5, 5.41) is 0. The quantitative estimate of drug-likeness (QED) is 0.474. The SMILES string of the molecule is C=CCS(=O)(=O)O[I+](c1ccccc1F)c1ccccc1F. The van der Waals surface area contributed by atoms with Gasteiger partial charge in [-0.05, 0) is 26.8 Å². The molecular formula is C15H13F2IO3S+. The number of halogens is 3. The van der Waals surface area contributed by atoms with E-state index in [0.717, 1.165) is 0 Å². The Bertz CT molecular complexity index is 732. The first kappa shape index (κ1) is 17.0. The van der Waals surface area contributed by atoms with Gasteiger partial charge in [-0.2, -0.15) is 8.42 Å². The minimum absolute atomic E-state index is 0.101. The van der Waals surface area contributed by atoms with Crippen molar-refractivity contribution < 1.29 is 39.9 Å². The summed E-state index contributed by atoms with van der Waals surface area (Å²) in [6.45, 7) is 3.34. The van der Waals surface area contributed by atoms with Gasteiger partial charge in [-0.1, -0.05) is 30.3 Å². The highest BCUT2D eigenvalue weighted by atomic mass is 127. The van der Waals surface area contributed by atoms with Crippen molar-refractivity contribution in [3.8, 4) is 0 Å². The summed E-state index contributed by atoms with van der Waals surface area (Å²) >= 11 is -3.29. The fraction of sp³-hybridized carbons (Fsp3) is 0.0667. The van der Waals surface area contributed by atoms with Gasteiger partial charge >= 0.3 is 30.4 Å². The summed E-state index contributed by atoms with van der Waals surface area (Å²) in [4.78, 5) is 0. The summed E-state index contributed by atoms with van der Waals surface area (Å²) in [6, 6.07) is 11.3. The first-order valence-corrected chi connectivity index (χ1v) is 10.8. The molecule has 0 heterocycles. The largest absolute Gasteiger partial charge is 0.330 e. The van der Waals surface area contributed by atoms with Crippen LogP contribution in [0.4, 0.5) is 8.78 Å². The number of rotatable bonds is 6. The van der Waals surface area contributed by atoms with Crippen LogP contribution in [0.15, 0.2) is 61.2 Å². The van der Waals surface area contributed by atoms with Crippen LogP contribution in [0.5, 0.6) is 0 Å². The van der Waals surface area contributed by atoms with Crippen LogP contribution in [-0.4, -0.2) is 14.2 Å². The Morgan fingerprint density at radius 3 is 1.86 bits per heavy atom. The van der Waals surface area contributed by atoms with Crippen molar-refractivity contribution in [2.24, 2.45) is 0 Å². The van der Waals surface area contributed by atoms with E-state index >= 15 is 0 Å². The Morgan fingerprint density at radius 1 is 1.00 bits per heavy atom. The summed E-state index contributed by atoms with van der Waals surface area (Å²) in [7, 11) is -3.94. The average Bonchev–Trinajstić information content (AvgIpc) is 2.46. The molecule has 0 fully saturated rings. The Balaban J connectivity index is 2.53. The Hall–Kier alpha value is -1.32. The Labute approximate surface area is 135 Å². The van der Waals surface area contributed by atoms with Gasteiger partial charge < -0.3 is 0 Å². The molecule has 22 heavy (non-hydrogen) atoms. The Kier molecular flexibility index (Phi) is 5.65. The normalized spacial score (nSPS) is 11.6. The molecule has 0 atom stereocenters. The predicted molar refractivity (Wildman–Crippen MR) is 75.3 cm³/mol. The van der Waals surface area contributed by atoms with E-state index in [0.29, 0.717) is 0 Å². The molecule has 2 aromatic rings. The van der Waals surface area contributed by atoms with Crippen LogP contribution in [0.2, 0.25) is 0 Å². The first-order chi connectivity index (χ1) is 10.4. The van der Waals surface area contributed by atoms with E-state index in [4.69, 9.17) is 2.51 Å². The highest BCUT2D eigenvalue weighted by molar-refractivity contribution is 7.86. The molecular weight excluding hydrogens is 425 g/mol. The molecule has 3 nitrogen and oxygen atoms in total. The third-order valence-electron chi connectivity index (χ3n) is 2.50. The third kappa shape index (κ3) is 4.11. The van der Waals surface area contributed by atoms with Gasteiger partial charge in [0.25, 0.3) is 0 Å². The smallest absolute Gasteiger partial charge is 0.202 e. The van der Waals surface area contributed by atoms with E-state index in [2.05, 4.69) is 6.58 Å². The Morgan fingerprint density at radius 2 is 1.45 bits per heavy atom. The molecule has 0 aliphatic heterocycles. The fourth-order valence-electron chi connectivity index (χ4n) is 1.60. The van der Waals surface area contributed by atoms with Crippen LogP contribution in [0.25, 0.3) is 0 Å². The molecule has 7 heteroatoms. The van der Waals surface area contributed by atoms with Crippen LogP contribution < -0.4 is 20.2 Å². The maximum atomic E-state index is 14.0. The summed E-state index contributed by atoms with van der Waals surface area (Å²) < 4.78 is 57.3. The second-order valence-electron chi connectivity index (χ2n) is 4.15. The molecule has 117 valence electrons. The molecule has 0 aliphatic carbocycles. The van der Waals surface area contributed by atoms with Gasteiger partial charge in [-0.3, -0.25) is 0 Å². The van der Waals surface area contributed by atoms with Crippen LogP contribution in [0.3, 0.4) is 0 Å². The monoisotopic (exact) mass is 438 g/mol. The van der Waals surface area contributed by atoms with Crippen LogP contribution >= 0.6 is 0 Å². The molecule has 0 amide bonds. The predicted octanol–water partition coefficient (Wildman–Crippen LogP) is 0.0763. The molecule has 2 aromatic carbocycles. The lowest BCUT2D eigenvalue weighted by molar-refractivity contribution is -1.03. The van der Waals surface area contributed by atoms with E-state index in [9.17, 15) is 17.2 Å². The van der Waals surface area contributed by atoms with Crippen molar-refractivity contribution in [2.75, 3.05) is 5.75 Å². The molecule has 0 bridgehead atoms. The van der Waals surface area contributed by atoms with Crippen molar-refractivity contribution in [1.82, 2.24) is 0 Å². The van der Waals surface area contributed by atoms with E-state index in [-0.39, 0.29) is 7.14 Å². The van der Waals surface area contributed by atoms with Gasteiger partial charge in [0.05, 0.1) is 5.75 Å². The number of hydrogen-bond acceptors (Lipinski definition) is 3. The van der Waals surface area contributed by atoms with Crippen LogP contribution in [0.1, 0.15) is 0 Å². The second-order valence-corrected chi connectivity index (χ2v) is 10.6. The summed E-state index contributed by atoms with van der Waals surface area (Å²) in [6.07, 6.45) is 1.17. The second kappa shape index (κ2) is 7.30. The minimum Gasteiger partial charge on any atom is -0.202 e. The van der Waals surface area contributed by atoms with E-state index in [1.54, 1.807) is 12.1 Å². The van der Waals surface area contributed by atoms with Crippen LogP contribution in [-0.2, 0) is 12.6 Å². The standard InChI is InChI=1S/C15H13F2IO3S/c1-2-11-22(19,20)21-18(14-9-5-3-7-12(14)16)15-10-6-4-8-13(15)17/h2-10H,1,11H2/q+1. The van der Waals surface area contributed by atoms with Gasteiger partial charge in [0.2, 0.25) is 7.14 Å². The number of benzene rings is 2. The topological polar surface area (TPSA) is 43.4 Å². The zero-order chi connectivity index (χ0) is 16.2. The number of hydrogen-bond donors (Lipinski definition) is 0. The lowest BCUT2D eigenvalue weighted by atomic mass is 10.4. The van der Waals surface area contributed by atoms with E-state index in [1.165, 1.54) is 42.5 Å². The van der Waals surface area contributed by atoms with Crippen molar-refractivity contribution in [1.29, 1.82) is 0 Å². The zero-order valence-corrected chi connectivity index (χ0v) is 14.4. The lowest BCUT2D eigenvalue weighted by Crippen LogP contribution is -3.86. The van der Waals surface area contributed by atoms with Crippen molar-refractivity contribution >= 4 is 10.1 Å². The molecule has 0 unspecified atom stereocenters. The maximum absolute atomic E-state index is 14.0. The molecule has 0 aromatic heterocycles. The lowest BCUT2D eigenvalue weighted by Gasteiger charge is -2.06. The first-order valence-electron chi connectivity index (χ1n) is 6.17. The summed E-state index contributed by atoms with van der Waals surface area (Å²) in [5.74, 6) is -1.63. The third-order valence-corrected chi connectivity index (χ3v) is 10.0. The zero-order valence-electron chi connectivity index (χ0n) is 11.4. The molecule has 2 rings (SSSR count). The van der Waals surface area contributed by atoms with Gasteiger partial charge in [0, 0.05) is 0 Å². The van der Waals surface area contributed by atoms with Crippen LogP contribution in [0, 0.1) is 18.8 Å². The molecule has 0 spiro atoms. The average molecular weight is 438 g/mol. The fourth-order valence-corrected chi connectivity index (χ4v) is 8.50. The van der Waals surface area contributed by atoms with Crippen molar-refractivity contribution in [3.05, 3.63) is 80.0 Å². The highest BCUT2D eigenvalue weighted by Crippen LogP contribution is 1.99. The molecule has 1 radical (unpaired) electrons. The molecule has 0 N–H and O–H groups in total. The molecule has 0 saturated heterocycles. The van der Waals surface area contributed by atoms with E-state index in [1.807, 2.05) is 0 Å². The van der Waals surface area contributed by atoms with E-state index < -0.39 is 47.7 Å². The maximum Gasteiger partial charge on any atom is 0.330 e. The minimum atomic E-state index is -3.94.